The van der Waals surface area contributed by atoms with E-state index in [-0.39, 0.29) is 22.2 Å². The topological polar surface area (TPSA) is 90.1 Å². The highest BCUT2D eigenvalue weighted by Gasteiger charge is 2.15. The molecule has 0 amide bonds. The number of nitrogens with zero attached hydrogens (tertiary/aromatic N) is 3. The maximum atomic E-state index is 12.9. The second-order valence-corrected chi connectivity index (χ2v) is 6.72. The van der Waals surface area contributed by atoms with E-state index in [0.29, 0.717) is 29.1 Å². The zero-order valence-electron chi connectivity index (χ0n) is 14.3. The highest BCUT2D eigenvalue weighted by atomic mass is 35.5. The number of para-hydroxylation sites is 1. The first-order valence-electron chi connectivity index (χ1n) is 8.07. The summed E-state index contributed by atoms with van der Waals surface area (Å²) >= 11 is 6.16. The van der Waals surface area contributed by atoms with Crippen molar-refractivity contribution in [2.45, 2.75) is 20.4 Å². The number of benzene rings is 2. The molecule has 1 heterocycles. The van der Waals surface area contributed by atoms with E-state index in [1.165, 1.54) is 18.2 Å². The van der Waals surface area contributed by atoms with Gasteiger partial charge in [-0.3, -0.25) is 19.5 Å². The number of aromatic nitrogens is 2. The molecule has 0 aliphatic heterocycles. The Kier molecular flexibility index (Phi) is 4.90. The van der Waals surface area contributed by atoms with Crippen molar-refractivity contribution in [3.63, 3.8) is 0 Å². The Labute approximate surface area is 154 Å². The number of fused-ring (bicyclic) bond motifs is 1. The van der Waals surface area contributed by atoms with Crippen molar-refractivity contribution in [2.75, 3.05) is 5.32 Å². The van der Waals surface area contributed by atoms with Gasteiger partial charge in [0.2, 0.25) is 5.95 Å². The van der Waals surface area contributed by atoms with Crippen LogP contribution in [-0.2, 0) is 6.54 Å². The minimum absolute atomic E-state index is 0.105. The average molecular weight is 373 g/mol. The molecule has 0 atom stereocenters. The summed E-state index contributed by atoms with van der Waals surface area (Å²) in [5.41, 5.74) is 0.756. The van der Waals surface area contributed by atoms with E-state index in [9.17, 15) is 14.9 Å². The van der Waals surface area contributed by atoms with E-state index in [1.54, 1.807) is 22.8 Å². The molecule has 134 valence electrons. The van der Waals surface area contributed by atoms with Gasteiger partial charge in [0.1, 0.15) is 0 Å². The van der Waals surface area contributed by atoms with Crippen molar-refractivity contribution in [3.8, 4) is 0 Å². The summed E-state index contributed by atoms with van der Waals surface area (Å²) in [6.45, 7) is 4.48. The van der Waals surface area contributed by atoms with E-state index in [4.69, 9.17) is 11.6 Å². The van der Waals surface area contributed by atoms with E-state index >= 15 is 0 Å². The Hall–Kier alpha value is -2.93. The summed E-state index contributed by atoms with van der Waals surface area (Å²) in [6.07, 6.45) is 0. The Morgan fingerprint density at radius 3 is 2.65 bits per heavy atom. The molecule has 26 heavy (non-hydrogen) atoms. The van der Waals surface area contributed by atoms with Gasteiger partial charge in [0.15, 0.2) is 0 Å². The molecule has 3 rings (SSSR count). The van der Waals surface area contributed by atoms with Gasteiger partial charge in [-0.05, 0) is 24.1 Å². The highest BCUT2D eigenvalue weighted by Crippen LogP contribution is 2.29. The van der Waals surface area contributed by atoms with Crippen LogP contribution < -0.4 is 10.9 Å². The van der Waals surface area contributed by atoms with Crippen LogP contribution in [0.1, 0.15) is 13.8 Å². The fourth-order valence-electron chi connectivity index (χ4n) is 2.64. The smallest absolute Gasteiger partial charge is 0.271 e. The summed E-state index contributed by atoms with van der Waals surface area (Å²) in [6, 6.07) is 11.2. The molecule has 0 bridgehead atoms. The number of nitro benzene ring substituents is 1. The third-order valence-electron chi connectivity index (χ3n) is 3.82. The van der Waals surface area contributed by atoms with E-state index in [1.807, 2.05) is 19.9 Å². The molecule has 0 aliphatic rings. The van der Waals surface area contributed by atoms with Gasteiger partial charge < -0.3 is 5.32 Å². The SMILES string of the molecule is CC(C)Cn1c(Nc2ccc([N+](=O)[O-])cc2Cl)nc2ccccc2c1=O. The van der Waals surface area contributed by atoms with E-state index < -0.39 is 4.92 Å². The largest absolute Gasteiger partial charge is 0.324 e. The van der Waals surface area contributed by atoms with Crippen molar-refractivity contribution in [3.05, 3.63) is 68.0 Å². The monoisotopic (exact) mass is 372 g/mol. The summed E-state index contributed by atoms with van der Waals surface area (Å²) in [5, 5.41) is 14.6. The Balaban J connectivity index is 2.12. The number of anilines is 2. The summed E-state index contributed by atoms with van der Waals surface area (Å²) < 4.78 is 1.56. The maximum absolute atomic E-state index is 12.9. The lowest BCUT2D eigenvalue weighted by atomic mass is 10.2. The Morgan fingerprint density at radius 1 is 1.27 bits per heavy atom. The molecule has 7 nitrogen and oxygen atoms in total. The number of hydrogen-bond acceptors (Lipinski definition) is 5. The molecule has 0 spiro atoms. The molecular weight excluding hydrogens is 356 g/mol. The molecule has 0 saturated heterocycles. The van der Waals surface area contributed by atoms with Crippen molar-refractivity contribution in [2.24, 2.45) is 5.92 Å². The van der Waals surface area contributed by atoms with Crippen LogP contribution in [0.2, 0.25) is 5.02 Å². The molecule has 3 aromatic rings. The zero-order valence-corrected chi connectivity index (χ0v) is 15.0. The fourth-order valence-corrected chi connectivity index (χ4v) is 2.86. The predicted octanol–water partition coefficient (Wildman–Crippen LogP) is 4.36. The van der Waals surface area contributed by atoms with Crippen molar-refractivity contribution in [1.82, 2.24) is 9.55 Å². The zero-order chi connectivity index (χ0) is 18.8. The number of nitro groups is 1. The third-order valence-corrected chi connectivity index (χ3v) is 4.13. The first-order valence-corrected chi connectivity index (χ1v) is 8.45. The van der Waals surface area contributed by atoms with Crippen LogP contribution in [0.15, 0.2) is 47.3 Å². The predicted molar refractivity (Wildman–Crippen MR) is 102 cm³/mol. The fraction of sp³-hybridized carbons (Fsp3) is 0.222. The van der Waals surface area contributed by atoms with Crippen LogP contribution in [0, 0.1) is 16.0 Å². The van der Waals surface area contributed by atoms with Crippen LogP contribution in [-0.4, -0.2) is 14.5 Å². The maximum Gasteiger partial charge on any atom is 0.271 e. The average Bonchev–Trinajstić information content (AvgIpc) is 2.59. The summed E-state index contributed by atoms with van der Waals surface area (Å²) in [4.78, 5) is 27.7. The molecule has 1 aromatic heterocycles. The van der Waals surface area contributed by atoms with Crippen molar-refractivity contribution in [1.29, 1.82) is 0 Å². The van der Waals surface area contributed by atoms with Gasteiger partial charge in [0.25, 0.3) is 11.2 Å². The number of hydrogen-bond donors (Lipinski definition) is 1. The van der Waals surface area contributed by atoms with Gasteiger partial charge in [-0.2, -0.15) is 0 Å². The van der Waals surface area contributed by atoms with Crippen LogP contribution in [0.3, 0.4) is 0 Å². The van der Waals surface area contributed by atoms with Gasteiger partial charge in [-0.25, -0.2) is 4.98 Å². The van der Waals surface area contributed by atoms with Crippen LogP contribution >= 0.6 is 11.6 Å². The second kappa shape index (κ2) is 7.13. The first kappa shape index (κ1) is 17.9. The van der Waals surface area contributed by atoms with E-state index in [2.05, 4.69) is 10.3 Å². The van der Waals surface area contributed by atoms with Gasteiger partial charge in [0, 0.05) is 18.7 Å². The molecule has 0 unspecified atom stereocenters. The first-order chi connectivity index (χ1) is 12.4. The van der Waals surface area contributed by atoms with Crippen LogP contribution in [0.4, 0.5) is 17.3 Å². The number of halogens is 1. The lowest BCUT2D eigenvalue weighted by Gasteiger charge is -2.17. The number of non-ortho nitro benzene ring substituents is 1. The Morgan fingerprint density at radius 2 is 2.00 bits per heavy atom. The van der Waals surface area contributed by atoms with Gasteiger partial charge in [-0.1, -0.05) is 37.6 Å². The number of rotatable bonds is 5. The molecule has 8 heteroatoms. The highest BCUT2D eigenvalue weighted by molar-refractivity contribution is 6.33. The summed E-state index contributed by atoms with van der Waals surface area (Å²) in [5.74, 6) is 0.571. The molecule has 0 radical (unpaired) electrons. The Bertz CT molecular complexity index is 1050. The standard InChI is InChI=1S/C18H17ClN4O3/c1-11(2)10-22-17(24)13-5-3-4-6-15(13)20-18(22)21-16-8-7-12(23(25)26)9-14(16)19/h3-9,11H,10H2,1-2H3,(H,20,21). The van der Waals surface area contributed by atoms with Gasteiger partial charge >= 0.3 is 0 Å². The number of nitrogens with one attached hydrogen (secondary N) is 1. The van der Waals surface area contributed by atoms with Crippen molar-refractivity contribution < 1.29 is 4.92 Å². The molecule has 0 saturated carbocycles. The molecular formula is C18H17ClN4O3. The van der Waals surface area contributed by atoms with Gasteiger partial charge in [0.05, 0.1) is 26.5 Å². The second-order valence-electron chi connectivity index (χ2n) is 6.31. The molecule has 1 N–H and O–H groups in total. The minimum atomic E-state index is -0.515. The van der Waals surface area contributed by atoms with Crippen LogP contribution in [0.25, 0.3) is 10.9 Å². The molecule has 2 aromatic carbocycles. The third kappa shape index (κ3) is 3.52. The lowest BCUT2D eigenvalue weighted by Crippen LogP contribution is -2.26. The minimum Gasteiger partial charge on any atom is -0.324 e. The lowest BCUT2D eigenvalue weighted by molar-refractivity contribution is -0.384. The van der Waals surface area contributed by atoms with Gasteiger partial charge in [-0.15, -0.1) is 0 Å². The molecule has 0 fully saturated rings. The molecule has 0 aliphatic carbocycles. The van der Waals surface area contributed by atoms with Crippen molar-refractivity contribution >= 4 is 39.8 Å². The van der Waals surface area contributed by atoms with Crippen LogP contribution in [0.5, 0.6) is 0 Å². The summed E-state index contributed by atoms with van der Waals surface area (Å²) in [7, 11) is 0. The quantitative estimate of drug-likeness (QED) is 0.531. The normalized spacial score (nSPS) is 11.1. The van der Waals surface area contributed by atoms with E-state index in [0.717, 1.165) is 0 Å².